The number of benzene rings is 1. The van der Waals surface area contributed by atoms with Gasteiger partial charge in [0.1, 0.15) is 6.10 Å². The Morgan fingerprint density at radius 1 is 0.920 bits per heavy atom. The minimum absolute atomic E-state index is 0. The first-order chi connectivity index (χ1) is 11.5. The number of rotatable bonds is 14. The number of hydrogen-bond donors (Lipinski definition) is 2. The number of unbranched alkanes of at least 4 members (excludes halogenated alkanes) is 8. The van der Waals surface area contributed by atoms with Gasteiger partial charge in [0.15, 0.2) is 0 Å². The van der Waals surface area contributed by atoms with Gasteiger partial charge in [0.2, 0.25) is 0 Å². The van der Waals surface area contributed by atoms with Gasteiger partial charge in [-0.25, -0.2) is 9.45 Å². The van der Waals surface area contributed by atoms with Gasteiger partial charge in [0, 0.05) is 0 Å². The topological polar surface area (TPSA) is 76.0 Å². The molecule has 0 saturated carbocycles. The third-order valence-electron chi connectivity index (χ3n) is 4.00. The molecule has 1 rings (SSSR count). The summed E-state index contributed by atoms with van der Waals surface area (Å²) in [5.41, 5.74) is 0.866. The summed E-state index contributed by atoms with van der Waals surface area (Å²) in [4.78, 5) is 22.6. The van der Waals surface area contributed by atoms with Crippen molar-refractivity contribution < 1.29 is 23.9 Å². The molecule has 0 spiro atoms. The zero-order valence-electron chi connectivity index (χ0n) is 14.6. The van der Waals surface area contributed by atoms with E-state index in [0.717, 1.165) is 18.4 Å². The standard InChI is InChI=1S/C18H31O5P.Na.H/c1-2-3-4-5-6-7-8-9-13-16-18(22-23-24(19,20)21)17-14-11-10-12-15-17;;/h10-12,14-15,18H,2-9,13,16H2,1H3,(H2,19,20,21);;. The average molecular weight is 382 g/mol. The summed E-state index contributed by atoms with van der Waals surface area (Å²) < 4.78 is 15.1. The summed E-state index contributed by atoms with van der Waals surface area (Å²) in [5.74, 6) is 0. The Balaban J connectivity index is 0.00000576. The Morgan fingerprint density at radius 3 is 1.96 bits per heavy atom. The van der Waals surface area contributed by atoms with E-state index in [1.165, 1.54) is 44.9 Å². The van der Waals surface area contributed by atoms with Crippen molar-refractivity contribution in [2.24, 2.45) is 0 Å². The molecule has 1 atom stereocenters. The second kappa shape index (κ2) is 15.4. The SMILES string of the molecule is CCCCCCCCCCCC(OOP(=O)(O)O)c1ccccc1.[NaH]. The molecule has 1 unspecified atom stereocenters. The fraction of sp³-hybridized carbons (Fsp3) is 0.667. The predicted octanol–water partition coefficient (Wildman–Crippen LogP) is 5.04. The van der Waals surface area contributed by atoms with E-state index < -0.39 is 13.9 Å². The molecule has 0 aliphatic carbocycles. The Morgan fingerprint density at radius 2 is 1.44 bits per heavy atom. The first kappa shape index (κ1) is 25.3. The van der Waals surface area contributed by atoms with Crippen molar-refractivity contribution in [2.75, 3.05) is 0 Å². The van der Waals surface area contributed by atoms with Gasteiger partial charge in [-0.3, -0.25) is 0 Å². The van der Waals surface area contributed by atoms with E-state index in [0.29, 0.717) is 6.42 Å². The Bertz CT molecular complexity index is 466. The molecule has 0 aliphatic rings. The van der Waals surface area contributed by atoms with Crippen molar-refractivity contribution in [1.82, 2.24) is 0 Å². The van der Waals surface area contributed by atoms with Crippen molar-refractivity contribution >= 4 is 37.4 Å². The van der Waals surface area contributed by atoms with Crippen LogP contribution in [0.4, 0.5) is 0 Å². The number of phosphoric acid groups is 1. The first-order valence-corrected chi connectivity index (χ1v) is 10.5. The van der Waals surface area contributed by atoms with Gasteiger partial charge < -0.3 is 9.79 Å². The van der Waals surface area contributed by atoms with Crippen LogP contribution in [0.5, 0.6) is 0 Å². The second-order valence-corrected chi connectivity index (χ2v) is 7.31. The fourth-order valence-corrected chi connectivity index (χ4v) is 2.90. The first-order valence-electron chi connectivity index (χ1n) is 8.98. The zero-order valence-corrected chi connectivity index (χ0v) is 15.5. The molecule has 0 radical (unpaired) electrons. The van der Waals surface area contributed by atoms with Gasteiger partial charge in [-0.15, -0.1) is 4.67 Å². The molecule has 0 heterocycles. The van der Waals surface area contributed by atoms with Crippen molar-refractivity contribution in [2.45, 2.75) is 77.2 Å². The van der Waals surface area contributed by atoms with Gasteiger partial charge in [-0.2, -0.15) is 0 Å². The molecule has 0 amide bonds. The van der Waals surface area contributed by atoms with Crippen LogP contribution in [0.15, 0.2) is 30.3 Å². The van der Waals surface area contributed by atoms with Crippen LogP contribution in [0.2, 0.25) is 0 Å². The molecule has 7 heteroatoms. The second-order valence-electron chi connectivity index (χ2n) is 6.18. The van der Waals surface area contributed by atoms with Gasteiger partial charge in [-0.05, 0) is 12.0 Å². The van der Waals surface area contributed by atoms with Crippen LogP contribution in [-0.2, 0) is 14.1 Å². The fourth-order valence-electron chi connectivity index (χ4n) is 2.69. The minimum atomic E-state index is -4.63. The van der Waals surface area contributed by atoms with Crippen LogP contribution in [0.1, 0.15) is 82.8 Å². The molecule has 140 valence electrons. The van der Waals surface area contributed by atoms with Crippen LogP contribution < -0.4 is 0 Å². The van der Waals surface area contributed by atoms with E-state index in [9.17, 15) is 4.57 Å². The van der Waals surface area contributed by atoms with E-state index >= 15 is 0 Å². The molecule has 1 aromatic rings. The van der Waals surface area contributed by atoms with Gasteiger partial charge >= 0.3 is 37.4 Å². The number of hydrogen-bond acceptors (Lipinski definition) is 3. The van der Waals surface area contributed by atoms with Gasteiger partial charge in [0.25, 0.3) is 0 Å². The molecule has 0 aliphatic heterocycles. The summed E-state index contributed by atoms with van der Waals surface area (Å²) in [5, 5.41) is 0. The van der Waals surface area contributed by atoms with Crippen LogP contribution in [0.25, 0.3) is 0 Å². The molecule has 25 heavy (non-hydrogen) atoms. The normalized spacial score (nSPS) is 12.6. The van der Waals surface area contributed by atoms with Crippen LogP contribution in [0.3, 0.4) is 0 Å². The summed E-state index contributed by atoms with van der Waals surface area (Å²) >= 11 is 0. The molecule has 2 N–H and O–H groups in total. The Kier molecular flexibility index (Phi) is 15.5. The average Bonchev–Trinajstić information content (AvgIpc) is 2.56. The molecule has 1 aromatic carbocycles. The van der Waals surface area contributed by atoms with E-state index in [2.05, 4.69) is 11.6 Å². The monoisotopic (exact) mass is 382 g/mol. The van der Waals surface area contributed by atoms with Crippen molar-refractivity contribution in [3.63, 3.8) is 0 Å². The van der Waals surface area contributed by atoms with E-state index in [1.807, 2.05) is 30.3 Å². The summed E-state index contributed by atoms with van der Waals surface area (Å²) in [6, 6.07) is 9.39. The van der Waals surface area contributed by atoms with Crippen LogP contribution >= 0.6 is 7.82 Å². The van der Waals surface area contributed by atoms with E-state index in [-0.39, 0.29) is 29.6 Å². The van der Waals surface area contributed by atoms with Crippen LogP contribution in [0, 0.1) is 0 Å². The van der Waals surface area contributed by atoms with Crippen molar-refractivity contribution in [3.05, 3.63) is 35.9 Å². The molecule has 0 saturated heterocycles. The van der Waals surface area contributed by atoms with E-state index in [1.54, 1.807) is 0 Å². The molecule has 0 aromatic heterocycles. The van der Waals surface area contributed by atoms with Crippen LogP contribution in [-0.4, -0.2) is 39.3 Å². The van der Waals surface area contributed by atoms with Crippen molar-refractivity contribution in [3.8, 4) is 0 Å². The van der Waals surface area contributed by atoms with E-state index in [4.69, 9.17) is 14.7 Å². The molecule has 0 bridgehead atoms. The molecule has 5 nitrogen and oxygen atoms in total. The summed E-state index contributed by atoms with van der Waals surface area (Å²) in [6.07, 6.45) is 11.2. The maximum atomic E-state index is 10.8. The third kappa shape index (κ3) is 14.1. The molecular weight excluding hydrogens is 350 g/mol. The quantitative estimate of drug-likeness (QED) is 0.155. The predicted molar refractivity (Wildman–Crippen MR) is 102 cm³/mol. The summed E-state index contributed by atoms with van der Waals surface area (Å²) in [6.45, 7) is 2.22. The third-order valence-corrected chi connectivity index (χ3v) is 4.28. The summed E-state index contributed by atoms with van der Waals surface area (Å²) in [7, 11) is -4.63. The molecule has 0 fully saturated rings. The Hall–Kier alpha value is 0.290. The Labute approximate surface area is 174 Å². The molecular formula is C18H32NaO5P. The van der Waals surface area contributed by atoms with Gasteiger partial charge in [-0.1, -0.05) is 95.0 Å². The van der Waals surface area contributed by atoms with Crippen molar-refractivity contribution in [1.29, 1.82) is 0 Å². The zero-order chi connectivity index (χ0) is 17.7. The van der Waals surface area contributed by atoms with Gasteiger partial charge in [0.05, 0.1) is 0 Å². The maximum absolute atomic E-state index is 10.8.